The van der Waals surface area contributed by atoms with Crippen LogP contribution in [0.3, 0.4) is 0 Å². The van der Waals surface area contributed by atoms with Gasteiger partial charge in [-0.15, -0.1) is 0 Å². The molecule has 0 radical (unpaired) electrons. The molecular formula is C33H41N5. The summed E-state index contributed by atoms with van der Waals surface area (Å²) in [4.78, 5) is 0. The van der Waals surface area contributed by atoms with Crippen LogP contribution >= 0.6 is 0 Å². The quantitative estimate of drug-likeness (QED) is 0.232. The molecule has 0 aliphatic heterocycles. The predicted octanol–water partition coefficient (Wildman–Crippen LogP) is 6.71. The largest absolute Gasteiger partial charge is 0.343 e. The minimum atomic E-state index is -0.238. The highest BCUT2D eigenvalue weighted by Gasteiger charge is 2.32. The number of aromatic nitrogens is 2. The zero-order valence-corrected chi connectivity index (χ0v) is 22.3. The van der Waals surface area contributed by atoms with Gasteiger partial charge in [-0.05, 0) is 61.1 Å². The summed E-state index contributed by atoms with van der Waals surface area (Å²) < 4.78 is 4.96. The number of benzene rings is 2. The van der Waals surface area contributed by atoms with Gasteiger partial charge in [0.15, 0.2) is 0 Å². The van der Waals surface area contributed by atoms with E-state index in [4.69, 9.17) is 5.73 Å². The van der Waals surface area contributed by atoms with Crippen molar-refractivity contribution < 1.29 is 0 Å². The smallest absolute Gasteiger partial charge is 0.109 e. The molecule has 4 N–H and O–H groups in total. The lowest BCUT2D eigenvalue weighted by Gasteiger charge is -2.40. The first-order valence-electron chi connectivity index (χ1n) is 14.5. The van der Waals surface area contributed by atoms with E-state index in [1.54, 1.807) is 0 Å². The van der Waals surface area contributed by atoms with Crippen LogP contribution in [0.1, 0.15) is 63.5 Å². The summed E-state index contributed by atoms with van der Waals surface area (Å²) in [5, 5.41) is 7.66. The molecule has 6 rings (SSSR count). The molecule has 2 aliphatic rings. The van der Waals surface area contributed by atoms with E-state index in [1.807, 2.05) is 0 Å². The molecule has 198 valence electrons. The zero-order valence-electron chi connectivity index (χ0n) is 22.3. The molecule has 0 saturated heterocycles. The average molecular weight is 508 g/mol. The Labute approximate surface area is 227 Å². The maximum Gasteiger partial charge on any atom is 0.109 e. The van der Waals surface area contributed by atoms with E-state index in [1.165, 1.54) is 61.0 Å². The summed E-state index contributed by atoms with van der Waals surface area (Å²) in [6.07, 6.45) is 13.9. The SMILES string of the molecule is NC(N[C@@H]1CCCC[C@H]1n1cccc1-c1ccccc1)N[C@@H]1CCCC[C@H]1n1cccc1-c1ccccc1. The van der Waals surface area contributed by atoms with Crippen molar-refractivity contribution in [2.75, 3.05) is 0 Å². The number of hydrogen-bond donors (Lipinski definition) is 3. The van der Waals surface area contributed by atoms with Crippen LogP contribution < -0.4 is 16.4 Å². The lowest BCUT2D eigenvalue weighted by atomic mass is 9.89. The second kappa shape index (κ2) is 11.7. The van der Waals surface area contributed by atoms with Crippen molar-refractivity contribution in [3.63, 3.8) is 0 Å². The second-order valence-corrected chi connectivity index (χ2v) is 11.1. The van der Waals surface area contributed by atoms with E-state index >= 15 is 0 Å². The van der Waals surface area contributed by atoms with Crippen molar-refractivity contribution >= 4 is 0 Å². The van der Waals surface area contributed by atoms with E-state index in [-0.39, 0.29) is 6.29 Å². The first-order chi connectivity index (χ1) is 18.8. The standard InChI is InChI=1S/C33H41N5/c34-33(35-27-17-7-9-19-31(27)37-23-11-21-29(37)25-13-3-1-4-14-25)36-28-18-8-10-20-32(28)38-24-12-22-30(38)26-15-5-2-6-16-26/h1-6,11-16,21-24,27-28,31-33,35-36H,7-10,17-20,34H2/t27-,28-,31-,32-/m1/s1. The van der Waals surface area contributed by atoms with Crippen LogP contribution in [0.25, 0.3) is 22.5 Å². The minimum Gasteiger partial charge on any atom is -0.343 e. The van der Waals surface area contributed by atoms with Gasteiger partial charge in [-0.1, -0.05) is 86.3 Å². The maximum absolute atomic E-state index is 6.82. The molecule has 2 heterocycles. The van der Waals surface area contributed by atoms with E-state index in [0.29, 0.717) is 24.2 Å². The normalized spacial score (nSPS) is 24.1. The zero-order chi connectivity index (χ0) is 25.7. The Morgan fingerprint density at radius 1 is 0.553 bits per heavy atom. The number of hydrogen-bond acceptors (Lipinski definition) is 3. The lowest BCUT2D eigenvalue weighted by molar-refractivity contribution is 0.194. The van der Waals surface area contributed by atoms with Crippen LogP contribution in [0.2, 0.25) is 0 Å². The molecular weight excluding hydrogens is 466 g/mol. The van der Waals surface area contributed by atoms with Crippen molar-refractivity contribution in [3.8, 4) is 22.5 Å². The molecule has 0 amide bonds. The Bertz CT molecular complexity index is 1180. The Morgan fingerprint density at radius 3 is 1.42 bits per heavy atom. The highest BCUT2D eigenvalue weighted by molar-refractivity contribution is 5.61. The first-order valence-corrected chi connectivity index (χ1v) is 14.5. The molecule has 2 saturated carbocycles. The summed E-state index contributed by atoms with van der Waals surface area (Å²) >= 11 is 0. The van der Waals surface area contributed by atoms with Crippen LogP contribution in [0.5, 0.6) is 0 Å². The first kappa shape index (κ1) is 25.2. The molecule has 0 spiro atoms. The van der Waals surface area contributed by atoms with Gasteiger partial charge < -0.3 is 14.9 Å². The van der Waals surface area contributed by atoms with Crippen molar-refractivity contribution in [2.24, 2.45) is 5.73 Å². The third kappa shape index (κ3) is 5.37. The molecule has 4 aromatic rings. The van der Waals surface area contributed by atoms with Crippen molar-refractivity contribution in [3.05, 3.63) is 97.3 Å². The molecule has 5 nitrogen and oxygen atoms in total. The molecule has 2 aromatic carbocycles. The third-order valence-electron chi connectivity index (χ3n) is 8.66. The van der Waals surface area contributed by atoms with E-state index in [9.17, 15) is 0 Å². The van der Waals surface area contributed by atoms with Crippen molar-refractivity contribution in [2.45, 2.75) is 81.8 Å². The van der Waals surface area contributed by atoms with Gasteiger partial charge in [-0.2, -0.15) is 0 Å². The summed E-state index contributed by atoms with van der Waals surface area (Å²) in [6.45, 7) is 0. The molecule has 5 heteroatoms. The van der Waals surface area contributed by atoms with Crippen LogP contribution in [0.15, 0.2) is 97.3 Å². The predicted molar refractivity (Wildman–Crippen MR) is 157 cm³/mol. The van der Waals surface area contributed by atoms with E-state index in [0.717, 1.165) is 12.8 Å². The fraction of sp³-hybridized carbons (Fsp3) is 0.394. The van der Waals surface area contributed by atoms with Gasteiger partial charge in [-0.25, -0.2) is 0 Å². The Morgan fingerprint density at radius 2 is 0.974 bits per heavy atom. The second-order valence-electron chi connectivity index (χ2n) is 11.1. The number of rotatable bonds is 8. The number of nitrogens with two attached hydrogens (primary N) is 1. The number of nitrogens with one attached hydrogen (secondary N) is 2. The van der Waals surface area contributed by atoms with Crippen molar-refractivity contribution in [1.29, 1.82) is 0 Å². The van der Waals surface area contributed by atoms with Gasteiger partial charge in [0, 0.05) is 47.9 Å². The molecule has 0 unspecified atom stereocenters. The van der Waals surface area contributed by atoms with Gasteiger partial charge in [-0.3, -0.25) is 10.6 Å². The average Bonchev–Trinajstić information content (AvgIpc) is 3.65. The van der Waals surface area contributed by atoms with Crippen LogP contribution in [-0.2, 0) is 0 Å². The lowest BCUT2D eigenvalue weighted by Crippen LogP contribution is -2.60. The van der Waals surface area contributed by atoms with E-state index in [2.05, 4.69) is 117 Å². The molecule has 4 atom stereocenters. The molecule has 2 aliphatic carbocycles. The van der Waals surface area contributed by atoms with Crippen LogP contribution in [0, 0.1) is 0 Å². The highest BCUT2D eigenvalue weighted by atomic mass is 15.3. The molecule has 0 bridgehead atoms. The maximum atomic E-state index is 6.82. The Kier molecular flexibility index (Phi) is 7.77. The molecule has 2 aromatic heterocycles. The molecule has 38 heavy (non-hydrogen) atoms. The molecule has 2 fully saturated rings. The Hall–Kier alpha value is -3.12. The van der Waals surface area contributed by atoms with Crippen molar-refractivity contribution in [1.82, 2.24) is 19.8 Å². The summed E-state index contributed by atoms with van der Waals surface area (Å²) in [6, 6.07) is 31.8. The summed E-state index contributed by atoms with van der Waals surface area (Å²) in [5.41, 5.74) is 12.0. The topological polar surface area (TPSA) is 59.9 Å². The summed E-state index contributed by atoms with van der Waals surface area (Å²) in [5.74, 6) is 0. The minimum absolute atomic E-state index is 0.238. The monoisotopic (exact) mass is 507 g/mol. The summed E-state index contributed by atoms with van der Waals surface area (Å²) in [7, 11) is 0. The van der Waals surface area contributed by atoms with Gasteiger partial charge >= 0.3 is 0 Å². The van der Waals surface area contributed by atoms with Gasteiger partial charge in [0.05, 0.1) is 0 Å². The van der Waals surface area contributed by atoms with Gasteiger partial charge in [0.25, 0.3) is 0 Å². The van der Waals surface area contributed by atoms with Crippen LogP contribution in [-0.4, -0.2) is 27.5 Å². The van der Waals surface area contributed by atoms with Crippen LogP contribution in [0.4, 0.5) is 0 Å². The number of nitrogens with zero attached hydrogens (tertiary/aromatic N) is 2. The Balaban J connectivity index is 1.17. The van der Waals surface area contributed by atoms with E-state index < -0.39 is 0 Å². The fourth-order valence-corrected chi connectivity index (χ4v) is 6.86. The van der Waals surface area contributed by atoms with Gasteiger partial charge in [0.2, 0.25) is 0 Å². The van der Waals surface area contributed by atoms with Gasteiger partial charge in [0.1, 0.15) is 6.29 Å². The fourth-order valence-electron chi connectivity index (χ4n) is 6.86. The highest BCUT2D eigenvalue weighted by Crippen LogP contribution is 2.35. The third-order valence-corrected chi connectivity index (χ3v) is 8.66.